The molecule has 1 aliphatic carbocycles. The molecule has 2 amide bonds. The fourth-order valence-corrected chi connectivity index (χ4v) is 6.36. The van der Waals surface area contributed by atoms with Crippen LogP contribution in [0.4, 0.5) is 17.6 Å². The van der Waals surface area contributed by atoms with Gasteiger partial charge in [0, 0.05) is 32.9 Å². The third-order valence-corrected chi connectivity index (χ3v) is 9.19. The molecule has 0 unspecified atom stereocenters. The van der Waals surface area contributed by atoms with Gasteiger partial charge in [0.05, 0.1) is 61.0 Å². The number of fused-ring (bicyclic) bond motifs is 1. The molecule has 3 aromatic rings. The van der Waals surface area contributed by atoms with Crippen LogP contribution in [0.15, 0.2) is 17.0 Å². The standard InChI is InChI=1S/C28H35F4N9O4/c1-16-21(39-45-38-16)23(42)37-22(17-3-5-28(31,32)6-4-17)19-12-41-25(35-19)36-20(11-34-41)27(24(43)33-15-26(2,29)30)7-9-40(10-8-27)18-13-44-14-18/h11-12,17-18,22H,3-10,13-15H2,1-2H3,(H,33,43)(H,37,42)/t22-/m0/s1. The number of nitrogens with zero attached hydrogens (tertiary/aromatic N) is 7. The number of carbonyl (C=O) groups is 2. The number of alkyl halides is 4. The summed E-state index contributed by atoms with van der Waals surface area (Å²) >= 11 is 0. The first-order valence-corrected chi connectivity index (χ1v) is 15.0. The molecule has 3 aromatic heterocycles. The van der Waals surface area contributed by atoms with Crippen molar-refractivity contribution in [1.29, 1.82) is 0 Å². The summed E-state index contributed by atoms with van der Waals surface area (Å²) in [7, 11) is 0. The van der Waals surface area contributed by atoms with Crippen LogP contribution in [0.25, 0.3) is 5.78 Å². The normalized spacial score (nSPS) is 21.7. The van der Waals surface area contributed by atoms with Crippen LogP contribution in [-0.2, 0) is 14.9 Å². The number of halogens is 4. The van der Waals surface area contributed by atoms with Crippen LogP contribution < -0.4 is 10.6 Å². The largest absolute Gasteiger partial charge is 0.378 e. The Morgan fingerprint density at radius 1 is 1.11 bits per heavy atom. The van der Waals surface area contributed by atoms with E-state index in [1.807, 2.05) is 0 Å². The highest BCUT2D eigenvalue weighted by Gasteiger charge is 2.47. The lowest BCUT2D eigenvalue weighted by atomic mass is 9.74. The molecule has 17 heteroatoms. The van der Waals surface area contributed by atoms with Gasteiger partial charge in [0.15, 0.2) is 5.69 Å². The number of carbonyl (C=O) groups excluding carboxylic acids is 2. The predicted octanol–water partition coefficient (Wildman–Crippen LogP) is 2.62. The number of hydrogen-bond acceptors (Lipinski definition) is 10. The van der Waals surface area contributed by atoms with Crippen molar-refractivity contribution in [3.05, 3.63) is 35.2 Å². The Labute approximate surface area is 255 Å². The second-order valence-electron chi connectivity index (χ2n) is 12.5. The SMILES string of the molecule is Cc1nonc1C(=O)N[C@H](c1cn2ncc(C3(C(=O)NCC(C)(F)F)CCN(C4COC4)CC3)nc2n1)C1CCC(F)(F)CC1. The topological polar surface area (TPSA) is 153 Å². The molecule has 13 nitrogen and oxygen atoms in total. The van der Waals surface area contributed by atoms with E-state index in [1.54, 1.807) is 13.1 Å². The van der Waals surface area contributed by atoms with Gasteiger partial charge in [-0.3, -0.25) is 14.5 Å². The maximum absolute atomic E-state index is 14.0. The van der Waals surface area contributed by atoms with Gasteiger partial charge < -0.3 is 15.4 Å². The summed E-state index contributed by atoms with van der Waals surface area (Å²) in [6.07, 6.45) is 3.25. The monoisotopic (exact) mass is 637 g/mol. The van der Waals surface area contributed by atoms with Gasteiger partial charge in [0.2, 0.25) is 11.8 Å². The number of amides is 2. The van der Waals surface area contributed by atoms with Crippen molar-refractivity contribution >= 4 is 17.6 Å². The lowest BCUT2D eigenvalue weighted by Gasteiger charge is -2.45. The molecule has 0 aromatic carbocycles. The Morgan fingerprint density at radius 3 is 2.42 bits per heavy atom. The van der Waals surface area contributed by atoms with Crippen molar-refractivity contribution in [1.82, 2.24) is 45.4 Å². The van der Waals surface area contributed by atoms with Gasteiger partial charge in [0.1, 0.15) is 5.69 Å². The number of likely N-dealkylation sites (tertiary alicyclic amines) is 1. The Morgan fingerprint density at radius 2 is 1.82 bits per heavy atom. The molecule has 2 N–H and O–H groups in total. The minimum absolute atomic E-state index is 0.0335. The molecule has 2 saturated heterocycles. The molecule has 1 saturated carbocycles. The number of aryl methyl sites for hydroxylation is 1. The molecule has 244 valence electrons. The van der Waals surface area contributed by atoms with Crippen LogP contribution in [0.3, 0.4) is 0 Å². The average molecular weight is 638 g/mol. The van der Waals surface area contributed by atoms with E-state index in [0.717, 1.165) is 6.92 Å². The molecule has 5 heterocycles. The van der Waals surface area contributed by atoms with Crippen LogP contribution in [0.2, 0.25) is 0 Å². The van der Waals surface area contributed by atoms with E-state index in [0.29, 0.717) is 44.8 Å². The first-order valence-electron chi connectivity index (χ1n) is 15.0. The summed E-state index contributed by atoms with van der Waals surface area (Å²) in [6.45, 7) is 3.75. The summed E-state index contributed by atoms with van der Waals surface area (Å²) in [5.74, 6) is -7.30. The summed E-state index contributed by atoms with van der Waals surface area (Å²) in [5.41, 5.74) is -0.365. The smallest absolute Gasteiger partial charge is 0.276 e. The van der Waals surface area contributed by atoms with E-state index in [2.05, 4.69) is 45.5 Å². The molecular weight excluding hydrogens is 602 g/mol. The minimum atomic E-state index is -3.10. The van der Waals surface area contributed by atoms with Gasteiger partial charge in [0.25, 0.3) is 17.6 Å². The Bertz CT molecular complexity index is 1540. The zero-order valence-corrected chi connectivity index (χ0v) is 24.9. The summed E-state index contributed by atoms with van der Waals surface area (Å²) in [4.78, 5) is 38.2. The molecular formula is C28H35F4N9O4. The van der Waals surface area contributed by atoms with E-state index >= 15 is 0 Å². The summed E-state index contributed by atoms with van der Waals surface area (Å²) < 4.78 is 66.9. The average Bonchev–Trinajstić information content (AvgIpc) is 3.59. The summed E-state index contributed by atoms with van der Waals surface area (Å²) in [5, 5.41) is 17.0. The van der Waals surface area contributed by atoms with E-state index in [4.69, 9.17) is 4.74 Å². The van der Waals surface area contributed by atoms with Crippen molar-refractivity contribution in [2.24, 2.45) is 5.92 Å². The third-order valence-electron chi connectivity index (χ3n) is 9.19. The highest BCUT2D eigenvalue weighted by Crippen LogP contribution is 2.42. The predicted molar refractivity (Wildman–Crippen MR) is 148 cm³/mol. The summed E-state index contributed by atoms with van der Waals surface area (Å²) in [6, 6.07) is -0.535. The second-order valence-corrected chi connectivity index (χ2v) is 12.5. The molecule has 3 aliphatic rings. The minimum Gasteiger partial charge on any atom is -0.378 e. The number of rotatable bonds is 9. The Kier molecular flexibility index (Phi) is 8.26. The number of hydrogen-bond donors (Lipinski definition) is 2. The van der Waals surface area contributed by atoms with Gasteiger partial charge in [-0.1, -0.05) is 5.16 Å². The van der Waals surface area contributed by atoms with E-state index < -0.39 is 41.7 Å². The van der Waals surface area contributed by atoms with Gasteiger partial charge in [-0.25, -0.2) is 36.7 Å². The maximum Gasteiger partial charge on any atom is 0.276 e. The van der Waals surface area contributed by atoms with Gasteiger partial charge in [-0.15, -0.1) is 0 Å². The van der Waals surface area contributed by atoms with Crippen LogP contribution >= 0.6 is 0 Å². The van der Waals surface area contributed by atoms with Crippen LogP contribution in [-0.4, -0.2) is 97.3 Å². The highest BCUT2D eigenvalue weighted by atomic mass is 19.3. The molecule has 3 fully saturated rings. The van der Waals surface area contributed by atoms with Crippen molar-refractivity contribution in [3.63, 3.8) is 0 Å². The quantitative estimate of drug-likeness (QED) is 0.335. The van der Waals surface area contributed by atoms with E-state index in [1.165, 1.54) is 10.7 Å². The zero-order valence-electron chi connectivity index (χ0n) is 24.9. The van der Waals surface area contributed by atoms with Crippen LogP contribution in [0.1, 0.15) is 79.1 Å². The van der Waals surface area contributed by atoms with E-state index in [9.17, 15) is 27.2 Å². The van der Waals surface area contributed by atoms with Gasteiger partial charge in [-0.05, 0) is 43.7 Å². The van der Waals surface area contributed by atoms with Crippen LogP contribution in [0, 0.1) is 12.8 Å². The molecule has 6 rings (SSSR count). The lowest BCUT2D eigenvalue weighted by molar-refractivity contribution is -0.132. The Hall–Kier alpha value is -3.73. The van der Waals surface area contributed by atoms with Crippen molar-refractivity contribution < 1.29 is 36.5 Å². The molecule has 1 atom stereocenters. The van der Waals surface area contributed by atoms with Crippen molar-refractivity contribution in [3.8, 4) is 0 Å². The highest BCUT2D eigenvalue weighted by molar-refractivity contribution is 5.93. The fourth-order valence-electron chi connectivity index (χ4n) is 6.36. The Balaban J connectivity index is 1.31. The lowest BCUT2D eigenvalue weighted by Crippen LogP contribution is -2.58. The number of piperidine rings is 1. The first-order chi connectivity index (χ1) is 21.3. The zero-order chi connectivity index (χ0) is 32.0. The second kappa shape index (κ2) is 11.9. The molecule has 0 spiro atoms. The van der Waals surface area contributed by atoms with Gasteiger partial charge >= 0.3 is 0 Å². The number of imidazole rings is 1. The van der Waals surface area contributed by atoms with Crippen molar-refractivity contribution in [2.75, 3.05) is 32.8 Å². The molecule has 0 bridgehead atoms. The first kappa shape index (κ1) is 31.3. The fraction of sp³-hybridized carbons (Fsp3) is 0.679. The van der Waals surface area contributed by atoms with Crippen LogP contribution in [0.5, 0.6) is 0 Å². The number of aromatic nitrogens is 6. The molecule has 45 heavy (non-hydrogen) atoms. The van der Waals surface area contributed by atoms with Gasteiger partial charge in [-0.2, -0.15) is 5.10 Å². The number of nitrogens with one attached hydrogen (secondary N) is 2. The number of ether oxygens (including phenoxy) is 1. The molecule has 0 radical (unpaired) electrons. The van der Waals surface area contributed by atoms with Crippen molar-refractivity contribution in [2.45, 2.75) is 81.7 Å². The third kappa shape index (κ3) is 6.50. The molecule has 2 aliphatic heterocycles. The van der Waals surface area contributed by atoms with E-state index in [-0.39, 0.29) is 60.5 Å². The maximum atomic E-state index is 14.0.